The Bertz CT molecular complexity index is 949. The van der Waals surface area contributed by atoms with E-state index in [-0.39, 0.29) is 24.1 Å². The fourth-order valence-corrected chi connectivity index (χ4v) is 2.48. The van der Waals surface area contributed by atoms with Gasteiger partial charge in [0.2, 0.25) is 23.5 Å². The van der Waals surface area contributed by atoms with Crippen LogP contribution in [-0.4, -0.2) is 22.0 Å². The van der Waals surface area contributed by atoms with Crippen LogP contribution in [0.15, 0.2) is 53.1 Å². The summed E-state index contributed by atoms with van der Waals surface area (Å²) in [6.45, 7) is 3.38. The Hall–Kier alpha value is -3.48. The van der Waals surface area contributed by atoms with Gasteiger partial charge in [-0.3, -0.25) is 9.59 Å². The Morgan fingerprint density at radius 1 is 1.04 bits per heavy atom. The number of benzene rings is 2. The molecule has 2 aromatic carbocycles. The van der Waals surface area contributed by atoms with E-state index in [0.717, 1.165) is 11.1 Å². The summed E-state index contributed by atoms with van der Waals surface area (Å²) in [4.78, 5) is 27.6. The topological polar surface area (TPSA) is 97.1 Å². The minimum absolute atomic E-state index is 0.0384. The van der Waals surface area contributed by atoms with Gasteiger partial charge in [0.25, 0.3) is 0 Å². The molecule has 0 fully saturated rings. The average Bonchev–Trinajstić information content (AvgIpc) is 3.03. The highest BCUT2D eigenvalue weighted by Crippen LogP contribution is 2.20. The lowest BCUT2D eigenvalue weighted by atomic mass is 10.1. The van der Waals surface area contributed by atoms with Crippen LogP contribution in [0.2, 0.25) is 0 Å². The molecule has 26 heavy (non-hydrogen) atoms. The number of hydrogen-bond acceptors (Lipinski definition) is 5. The third kappa shape index (κ3) is 4.32. The summed E-state index contributed by atoms with van der Waals surface area (Å²) in [7, 11) is 0. The van der Waals surface area contributed by atoms with Gasteiger partial charge in [0.05, 0.1) is 0 Å². The van der Waals surface area contributed by atoms with E-state index in [1.54, 1.807) is 24.3 Å². The first-order valence-corrected chi connectivity index (χ1v) is 8.07. The molecule has 0 radical (unpaired) electrons. The number of carbonyl (C=O) groups is 2. The normalized spacial score (nSPS) is 10.4. The summed E-state index contributed by atoms with van der Waals surface area (Å²) in [6, 6.07) is 14.6. The number of rotatable bonds is 5. The molecule has 0 aliphatic rings. The molecule has 0 atom stereocenters. The molecule has 0 aliphatic carbocycles. The largest absolute Gasteiger partial charge is 0.338 e. The number of carbonyl (C=O) groups excluding carboxylic acids is 2. The van der Waals surface area contributed by atoms with Crippen LogP contribution in [0.3, 0.4) is 0 Å². The van der Waals surface area contributed by atoms with Crippen molar-refractivity contribution in [3.63, 3.8) is 0 Å². The van der Waals surface area contributed by atoms with Crippen LogP contribution in [0.25, 0.3) is 11.4 Å². The van der Waals surface area contributed by atoms with Crippen LogP contribution >= 0.6 is 0 Å². The van der Waals surface area contributed by atoms with Crippen LogP contribution in [-0.2, 0) is 16.0 Å². The predicted molar refractivity (Wildman–Crippen MR) is 97.6 cm³/mol. The Balaban J connectivity index is 1.66. The van der Waals surface area contributed by atoms with Gasteiger partial charge in [-0.15, -0.1) is 0 Å². The lowest BCUT2D eigenvalue weighted by Gasteiger charge is -2.06. The highest BCUT2D eigenvalue weighted by molar-refractivity contribution is 5.94. The fraction of sp³-hybridized carbons (Fsp3) is 0.158. The van der Waals surface area contributed by atoms with Crippen LogP contribution in [0, 0.1) is 6.92 Å². The number of nitrogens with one attached hydrogen (secondary N) is 2. The van der Waals surface area contributed by atoms with Gasteiger partial charge < -0.3 is 15.2 Å². The maximum absolute atomic E-state index is 12.2. The molecule has 1 heterocycles. The van der Waals surface area contributed by atoms with Gasteiger partial charge in [-0.25, -0.2) is 0 Å². The monoisotopic (exact) mass is 350 g/mol. The van der Waals surface area contributed by atoms with Gasteiger partial charge in [0, 0.05) is 23.9 Å². The molecule has 2 amide bonds. The van der Waals surface area contributed by atoms with Crippen molar-refractivity contribution in [3.8, 4) is 11.4 Å². The van der Waals surface area contributed by atoms with Crippen molar-refractivity contribution in [2.24, 2.45) is 0 Å². The Labute approximate surface area is 150 Å². The molecule has 3 aromatic rings. The minimum Gasteiger partial charge on any atom is -0.338 e. The van der Waals surface area contributed by atoms with E-state index in [1.807, 2.05) is 31.2 Å². The first-order valence-electron chi connectivity index (χ1n) is 8.07. The van der Waals surface area contributed by atoms with Crippen molar-refractivity contribution < 1.29 is 14.1 Å². The smallest absolute Gasteiger partial charge is 0.236 e. The molecule has 0 bridgehead atoms. The predicted octanol–water partition coefficient (Wildman–Crippen LogP) is 3.18. The average molecular weight is 350 g/mol. The van der Waals surface area contributed by atoms with Gasteiger partial charge in [-0.05, 0) is 30.7 Å². The number of nitrogens with zero attached hydrogens (tertiary/aromatic N) is 2. The Morgan fingerprint density at radius 3 is 2.50 bits per heavy atom. The second-order valence-corrected chi connectivity index (χ2v) is 5.81. The van der Waals surface area contributed by atoms with Crippen molar-refractivity contribution in [3.05, 3.63) is 60.0 Å². The van der Waals surface area contributed by atoms with Crippen LogP contribution < -0.4 is 10.6 Å². The van der Waals surface area contributed by atoms with Crippen LogP contribution in [0.4, 0.5) is 11.4 Å². The quantitative estimate of drug-likeness (QED) is 0.736. The third-order valence-corrected chi connectivity index (χ3v) is 3.63. The van der Waals surface area contributed by atoms with E-state index < -0.39 is 0 Å². The van der Waals surface area contributed by atoms with E-state index in [1.165, 1.54) is 6.92 Å². The maximum Gasteiger partial charge on any atom is 0.236 e. The zero-order valence-electron chi connectivity index (χ0n) is 14.4. The molecule has 7 nitrogen and oxygen atoms in total. The number of amides is 2. The van der Waals surface area contributed by atoms with E-state index >= 15 is 0 Å². The first kappa shape index (κ1) is 17.3. The molecule has 0 aliphatic heterocycles. The molecular weight excluding hydrogens is 332 g/mol. The molecule has 3 rings (SSSR count). The lowest BCUT2D eigenvalue weighted by molar-refractivity contribution is -0.116. The second kappa shape index (κ2) is 7.60. The summed E-state index contributed by atoms with van der Waals surface area (Å²) >= 11 is 0. The molecule has 1 aromatic heterocycles. The summed E-state index contributed by atoms with van der Waals surface area (Å²) < 4.78 is 5.18. The van der Waals surface area contributed by atoms with Crippen molar-refractivity contribution in [2.45, 2.75) is 20.3 Å². The summed E-state index contributed by atoms with van der Waals surface area (Å²) in [5.41, 5.74) is 3.07. The standard InChI is InChI=1S/C19H18N4O3/c1-12-6-3-4-9-16(12)19-22-18(26-23-19)11-17(25)21-15-8-5-7-14(10-15)20-13(2)24/h3-10H,11H2,1-2H3,(H,20,24)(H,21,25). The number of aryl methyl sites for hydroxylation is 1. The van der Waals surface area contributed by atoms with E-state index in [4.69, 9.17) is 4.52 Å². The van der Waals surface area contributed by atoms with Gasteiger partial charge in [-0.1, -0.05) is 35.5 Å². The van der Waals surface area contributed by atoms with E-state index in [9.17, 15) is 9.59 Å². The van der Waals surface area contributed by atoms with Crippen molar-refractivity contribution in [1.29, 1.82) is 0 Å². The van der Waals surface area contributed by atoms with Crippen molar-refractivity contribution >= 4 is 23.2 Å². The zero-order chi connectivity index (χ0) is 18.5. The maximum atomic E-state index is 12.2. The molecule has 2 N–H and O–H groups in total. The number of hydrogen-bond donors (Lipinski definition) is 2. The van der Waals surface area contributed by atoms with E-state index in [2.05, 4.69) is 20.8 Å². The van der Waals surface area contributed by atoms with Gasteiger partial charge in [0.15, 0.2) is 0 Å². The lowest BCUT2D eigenvalue weighted by Crippen LogP contribution is -2.15. The first-order chi connectivity index (χ1) is 12.5. The zero-order valence-corrected chi connectivity index (χ0v) is 14.4. The van der Waals surface area contributed by atoms with Gasteiger partial charge >= 0.3 is 0 Å². The molecule has 0 unspecified atom stereocenters. The molecule has 132 valence electrons. The molecule has 0 spiro atoms. The van der Waals surface area contributed by atoms with Crippen molar-refractivity contribution in [1.82, 2.24) is 10.1 Å². The summed E-state index contributed by atoms with van der Waals surface area (Å²) in [5, 5.41) is 9.35. The molecule has 0 saturated carbocycles. The van der Waals surface area contributed by atoms with Gasteiger partial charge in [0.1, 0.15) is 6.42 Å². The third-order valence-electron chi connectivity index (χ3n) is 3.63. The molecule has 0 saturated heterocycles. The highest BCUT2D eigenvalue weighted by Gasteiger charge is 2.14. The van der Waals surface area contributed by atoms with Crippen LogP contribution in [0.1, 0.15) is 18.4 Å². The second-order valence-electron chi connectivity index (χ2n) is 5.81. The SMILES string of the molecule is CC(=O)Nc1cccc(NC(=O)Cc2nc(-c3ccccc3C)no2)c1. The Kier molecular flexibility index (Phi) is 5.07. The highest BCUT2D eigenvalue weighted by atomic mass is 16.5. The molecular formula is C19H18N4O3. The minimum atomic E-state index is -0.287. The summed E-state index contributed by atoms with van der Waals surface area (Å²) in [5.74, 6) is 0.227. The molecule has 7 heteroatoms. The van der Waals surface area contributed by atoms with Gasteiger partial charge in [-0.2, -0.15) is 4.98 Å². The van der Waals surface area contributed by atoms with Crippen LogP contribution in [0.5, 0.6) is 0 Å². The number of anilines is 2. The fourth-order valence-electron chi connectivity index (χ4n) is 2.48. The van der Waals surface area contributed by atoms with Crippen molar-refractivity contribution in [2.75, 3.05) is 10.6 Å². The summed E-state index contributed by atoms with van der Waals surface area (Å²) in [6.07, 6.45) is -0.0384. The van der Waals surface area contributed by atoms with E-state index in [0.29, 0.717) is 17.2 Å². The Morgan fingerprint density at radius 2 is 1.77 bits per heavy atom. The number of aromatic nitrogens is 2.